The summed E-state index contributed by atoms with van der Waals surface area (Å²) < 4.78 is 19.6. The van der Waals surface area contributed by atoms with Crippen molar-refractivity contribution in [2.24, 2.45) is 0 Å². The number of pyridine rings is 2. The standard InChI is InChI=1S/C28H29FN8O2/c1-5-26(38)33-21-11-22(25(39-4)12-24(21)37(3)19-7-9-36(2)16-19)34-28-32-15-23-27(35-28)20(6-8-31-23)17-10-18(29)14-30-13-17/h5-6,8,10-15,19H,1,7,9,16H2,2-4H3,(H,33,38)(H,32,34,35). The Morgan fingerprint density at radius 3 is 2.79 bits per heavy atom. The van der Waals surface area contributed by atoms with Gasteiger partial charge < -0.3 is 25.2 Å². The molecule has 11 heteroatoms. The van der Waals surface area contributed by atoms with Gasteiger partial charge in [-0.25, -0.2) is 14.4 Å². The molecule has 3 aromatic heterocycles. The molecule has 1 fully saturated rings. The normalized spacial score (nSPS) is 15.2. The Bertz CT molecular complexity index is 1550. The molecule has 10 nitrogen and oxygen atoms in total. The third-order valence-electron chi connectivity index (χ3n) is 6.80. The maximum atomic E-state index is 13.9. The van der Waals surface area contributed by atoms with Crippen molar-refractivity contribution in [1.29, 1.82) is 0 Å². The number of likely N-dealkylation sites (tertiary alicyclic amines) is 1. The molecule has 1 saturated heterocycles. The zero-order valence-electron chi connectivity index (χ0n) is 22.0. The first-order chi connectivity index (χ1) is 18.9. The summed E-state index contributed by atoms with van der Waals surface area (Å²) in [6.45, 7) is 5.50. The first-order valence-electron chi connectivity index (χ1n) is 12.4. The summed E-state index contributed by atoms with van der Waals surface area (Å²) in [4.78, 5) is 34.2. The van der Waals surface area contributed by atoms with Crippen LogP contribution in [0.15, 0.2) is 61.7 Å². The molecule has 5 rings (SSSR count). The summed E-state index contributed by atoms with van der Waals surface area (Å²) in [6.07, 6.45) is 8.16. The number of nitrogens with zero attached hydrogens (tertiary/aromatic N) is 6. The third-order valence-corrected chi connectivity index (χ3v) is 6.80. The summed E-state index contributed by atoms with van der Waals surface area (Å²) >= 11 is 0. The van der Waals surface area contributed by atoms with Gasteiger partial charge in [-0.05, 0) is 44.3 Å². The van der Waals surface area contributed by atoms with Gasteiger partial charge in [0.2, 0.25) is 11.9 Å². The molecule has 0 spiro atoms. The van der Waals surface area contributed by atoms with Crippen LogP contribution in [-0.2, 0) is 4.79 Å². The molecule has 1 amide bonds. The minimum Gasteiger partial charge on any atom is -0.494 e. The first-order valence-corrected chi connectivity index (χ1v) is 12.4. The van der Waals surface area contributed by atoms with Crippen LogP contribution in [0.2, 0.25) is 0 Å². The second kappa shape index (κ2) is 11.0. The Morgan fingerprint density at radius 1 is 1.23 bits per heavy atom. The van der Waals surface area contributed by atoms with E-state index < -0.39 is 5.82 Å². The third kappa shape index (κ3) is 5.48. The van der Waals surface area contributed by atoms with E-state index in [2.05, 4.69) is 54.0 Å². The maximum Gasteiger partial charge on any atom is 0.247 e. The second-order valence-electron chi connectivity index (χ2n) is 9.38. The Hall–Kier alpha value is -4.64. The molecule has 1 atom stereocenters. The highest BCUT2D eigenvalue weighted by molar-refractivity contribution is 6.02. The molecule has 1 aliphatic heterocycles. The molecule has 2 N–H and O–H groups in total. The topological polar surface area (TPSA) is 108 Å². The van der Waals surface area contributed by atoms with E-state index >= 15 is 0 Å². The number of benzene rings is 1. The SMILES string of the molecule is C=CC(=O)Nc1cc(Nc2ncc3nccc(-c4cncc(F)c4)c3n2)c(OC)cc1N(C)C1CCN(C)C1. The molecular weight excluding hydrogens is 499 g/mol. The van der Waals surface area contributed by atoms with Crippen molar-refractivity contribution in [3.05, 3.63) is 67.5 Å². The Kier molecular flexibility index (Phi) is 7.33. The van der Waals surface area contributed by atoms with Crippen LogP contribution in [0.5, 0.6) is 5.75 Å². The van der Waals surface area contributed by atoms with Crippen LogP contribution < -0.4 is 20.3 Å². The molecule has 4 aromatic rings. The van der Waals surface area contributed by atoms with Crippen LogP contribution >= 0.6 is 0 Å². The number of anilines is 4. The largest absolute Gasteiger partial charge is 0.494 e. The average Bonchev–Trinajstić information content (AvgIpc) is 3.38. The van der Waals surface area contributed by atoms with E-state index in [9.17, 15) is 9.18 Å². The van der Waals surface area contributed by atoms with E-state index in [1.807, 2.05) is 13.1 Å². The number of ether oxygens (including phenoxy) is 1. The number of carbonyl (C=O) groups excluding carboxylic acids is 1. The zero-order chi connectivity index (χ0) is 27.5. The van der Waals surface area contributed by atoms with E-state index in [1.165, 1.54) is 12.1 Å². The zero-order valence-corrected chi connectivity index (χ0v) is 22.0. The average molecular weight is 529 g/mol. The molecule has 200 valence electrons. The van der Waals surface area contributed by atoms with Crippen LogP contribution in [-0.4, -0.2) is 71.1 Å². The van der Waals surface area contributed by atoms with Gasteiger partial charge in [0, 0.05) is 49.2 Å². The predicted octanol–water partition coefficient (Wildman–Crippen LogP) is 4.24. The van der Waals surface area contributed by atoms with Crippen LogP contribution in [0.1, 0.15) is 6.42 Å². The molecule has 0 radical (unpaired) electrons. The number of likely N-dealkylation sites (N-methyl/N-ethyl adjacent to an activating group) is 2. The van der Waals surface area contributed by atoms with Crippen molar-refractivity contribution in [1.82, 2.24) is 24.8 Å². The number of aromatic nitrogens is 4. The number of fused-ring (bicyclic) bond motifs is 1. The van der Waals surface area contributed by atoms with Gasteiger partial charge in [0.15, 0.2) is 0 Å². The van der Waals surface area contributed by atoms with Gasteiger partial charge in [0.05, 0.1) is 36.6 Å². The number of nitrogens with one attached hydrogen (secondary N) is 2. The van der Waals surface area contributed by atoms with Crippen molar-refractivity contribution in [2.75, 3.05) is 49.8 Å². The van der Waals surface area contributed by atoms with E-state index in [0.29, 0.717) is 39.3 Å². The molecule has 0 bridgehead atoms. The number of halogens is 1. The van der Waals surface area contributed by atoms with Crippen molar-refractivity contribution < 1.29 is 13.9 Å². The smallest absolute Gasteiger partial charge is 0.247 e. The van der Waals surface area contributed by atoms with Gasteiger partial charge in [0.1, 0.15) is 22.6 Å². The summed E-state index contributed by atoms with van der Waals surface area (Å²) in [6, 6.07) is 7.10. The fraction of sp³-hybridized carbons (Fsp3) is 0.250. The number of hydrogen-bond donors (Lipinski definition) is 2. The Labute approximate surface area is 225 Å². The Morgan fingerprint density at radius 2 is 2.08 bits per heavy atom. The Balaban J connectivity index is 1.54. The number of amides is 1. The number of rotatable bonds is 8. The minimum absolute atomic E-state index is 0.277. The highest BCUT2D eigenvalue weighted by Crippen LogP contribution is 2.39. The second-order valence-corrected chi connectivity index (χ2v) is 9.38. The molecule has 1 unspecified atom stereocenters. The molecule has 0 saturated carbocycles. The van der Waals surface area contributed by atoms with Crippen molar-refractivity contribution in [3.63, 3.8) is 0 Å². The summed E-state index contributed by atoms with van der Waals surface area (Å²) in [7, 11) is 5.69. The van der Waals surface area contributed by atoms with Gasteiger partial charge in [-0.3, -0.25) is 14.8 Å². The quantitative estimate of drug-likeness (QED) is 0.325. The molecule has 1 aromatic carbocycles. The molecule has 0 aliphatic carbocycles. The van der Waals surface area contributed by atoms with Crippen molar-refractivity contribution >= 4 is 40.0 Å². The van der Waals surface area contributed by atoms with E-state index in [-0.39, 0.29) is 17.9 Å². The van der Waals surface area contributed by atoms with Gasteiger partial charge >= 0.3 is 0 Å². The molecular formula is C28H29FN8O2. The number of hydrogen-bond acceptors (Lipinski definition) is 9. The van der Waals surface area contributed by atoms with Crippen LogP contribution in [0, 0.1) is 5.82 Å². The highest BCUT2D eigenvalue weighted by Gasteiger charge is 2.26. The van der Waals surface area contributed by atoms with Crippen LogP contribution in [0.3, 0.4) is 0 Å². The lowest BCUT2D eigenvalue weighted by Gasteiger charge is -2.29. The monoisotopic (exact) mass is 528 g/mol. The fourth-order valence-electron chi connectivity index (χ4n) is 4.75. The highest BCUT2D eigenvalue weighted by atomic mass is 19.1. The molecule has 39 heavy (non-hydrogen) atoms. The minimum atomic E-state index is -0.446. The first kappa shape index (κ1) is 26.0. The van der Waals surface area contributed by atoms with Gasteiger partial charge in [0.25, 0.3) is 0 Å². The van der Waals surface area contributed by atoms with E-state index in [1.54, 1.807) is 37.8 Å². The van der Waals surface area contributed by atoms with Gasteiger partial charge in [-0.15, -0.1) is 0 Å². The maximum absolute atomic E-state index is 13.9. The van der Waals surface area contributed by atoms with Crippen molar-refractivity contribution in [3.8, 4) is 16.9 Å². The lowest BCUT2D eigenvalue weighted by atomic mass is 10.1. The predicted molar refractivity (Wildman–Crippen MR) is 150 cm³/mol. The number of methoxy groups -OCH3 is 1. The van der Waals surface area contributed by atoms with Crippen LogP contribution in [0.25, 0.3) is 22.2 Å². The van der Waals surface area contributed by atoms with Gasteiger partial charge in [-0.2, -0.15) is 0 Å². The van der Waals surface area contributed by atoms with Gasteiger partial charge in [-0.1, -0.05) is 6.58 Å². The fourth-order valence-corrected chi connectivity index (χ4v) is 4.75. The van der Waals surface area contributed by atoms with Crippen LogP contribution in [0.4, 0.5) is 27.4 Å². The summed E-state index contributed by atoms with van der Waals surface area (Å²) in [5.41, 5.74) is 4.28. The van der Waals surface area contributed by atoms with E-state index in [0.717, 1.165) is 31.4 Å². The van der Waals surface area contributed by atoms with Crippen molar-refractivity contribution in [2.45, 2.75) is 12.5 Å². The summed E-state index contributed by atoms with van der Waals surface area (Å²) in [5.74, 6) is 0.0480. The van der Waals surface area contributed by atoms with E-state index in [4.69, 9.17) is 4.74 Å². The molecule has 1 aliphatic rings. The lowest BCUT2D eigenvalue weighted by molar-refractivity contribution is -0.111. The molecule has 4 heterocycles. The number of carbonyl (C=O) groups is 1. The lowest BCUT2D eigenvalue weighted by Crippen LogP contribution is -2.34. The summed E-state index contributed by atoms with van der Waals surface area (Å²) in [5, 5.41) is 6.13.